The summed E-state index contributed by atoms with van der Waals surface area (Å²) in [5.41, 5.74) is 2.60. The van der Waals surface area contributed by atoms with Crippen LogP contribution in [0.4, 0.5) is 4.39 Å². The van der Waals surface area contributed by atoms with E-state index in [4.69, 9.17) is 0 Å². The van der Waals surface area contributed by atoms with Gasteiger partial charge in [0, 0.05) is 19.8 Å². The highest BCUT2D eigenvalue weighted by Crippen LogP contribution is 2.08. The predicted molar refractivity (Wildman–Crippen MR) is 82.4 cm³/mol. The molecule has 1 aromatic carbocycles. The van der Waals surface area contributed by atoms with Crippen LogP contribution in [-0.2, 0) is 13.1 Å². The van der Waals surface area contributed by atoms with Crippen molar-refractivity contribution in [3.8, 4) is 0 Å². The summed E-state index contributed by atoms with van der Waals surface area (Å²) in [7, 11) is 1.71. The Bertz CT molecular complexity index is 611. The molecule has 2 rings (SSSR count). The van der Waals surface area contributed by atoms with Gasteiger partial charge in [-0.3, -0.25) is 9.98 Å². The normalized spacial score (nSPS) is 11.3. The van der Waals surface area contributed by atoms with E-state index in [1.54, 1.807) is 26.2 Å². The minimum absolute atomic E-state index is 0.184. The summed E-state index contributed by atoms with van der Waals surface area (Å²) in [6.45, 7) is 2.94. The van der Waals surface area contributed by atoms with Crippen molar-refractivity contribution in [2.24, 2.45) is 4.99 Å². The molecule has 1 heterocycles. The molecule has 0 fully saturated rings. The maximum Gasteiger partial charge on any atom is 0.191 e. The number of rotatable bonds is 4. The van der Waals surface area contributed by atoms with Crippen molar-refractivity contribution in [3.05, 3.63) is 65.2 Å². The average Bonchev–Trinajstić information content (AvgIpc) is 2.52. The van der Waals surface area contributed by atoms with Crippen molar-refractivity contribution in [2.75, 3.05) is 7.05 Å². The summed E-state index contributed by atoms with van der Waals surface area (Å²) >= 11 is 0. The molecule has 2 aromatic rings. The minimum Gasteiger partial charge on any atom is -0.352 e. The monoisotopic (exact) mass is 286 g/mol. The number of hydrogen-bond acceptors (Lipinski definition) is 2. The molecule has 110 valence electrons. The second kappa shape index (κ2) is 7.38. The number of halogens is 1. The third-order valence-electron chi connectivity index (χ3n) is 3.07. The second-order valence-electron chi connectivity index (χ2n) is 4.68. The molecular formula is C16H19FN4. The van der Waals surface area contributed by atoms with Crippen molar-refractivity contribution < 1.29 is 4.39 Å². The van der Waals surface area contributed by atoms with Crippen molar-refractivity contribution in [3.63, 3.8) is 0 Å². The second-order valence-corrected chi connectivity index (χ2v) is 4.68. The van der Waals surface area contributed by atoms with Crippen LogP contribution in [0, 0.1) is 12.7 Å². The van der Waals surface area contributed by atoms with Gasteiger partial charge in [-0.25, -0.2) is 4.39 Å². The Morgan fingerprint density at radius 1 is 1.19 bits per heavy atom. The Labute approximate surface area is 124 Å². The van der Waals surface area contributed by atoms with Crippen molar-refractivity contribution in [1.82, 2.24) is 15.6 Å². The van der Waals surface area contributed by atoms with Gasteiger partial charge in [0.25, 0.3) is 0 Å². The Balaban J connectivity index is 1.86. The molecule has 4 nitrogen and oxygen atoms in total. The van der Waals surface area contributed by atoms with Crippen LogP contribution in [0.3, 0.4) is 0 Å². The zero-order valence-corrected chi connectivity index (χ0v) is 12.2. The highest BCUT2D eigenvalue weighted by molar-refractivity contribution is 5.79. The summed E-state index contributed by atoms with van der Waals surface area (Å²) < 4.78 is 13.2. The summed E-state index contributed by atoms with van der Waals surface area (Å²) in [4.78, 5) is 8.39. The fraction of sp³-hybridized carbons (Fsp3) is 0.250. The first kappa shape index (κ1) is 15.0. The number of aliphatic imine (C=N–C) groups is 1. The van der Waals surface area contributed by atoms with E-state index in [1.807, 2.05) is 24.3 Å². The lowest BCUT2D eigenvalue weighted by Crippen LogP contribution is -2.36. The highest BCUT2D eigenvalue weighted by atomic mass is 19.1. The van der Waals surface area contributed by atoms with Gasteiger partial charge in [0.1, 0.15) is 5.82 Å². The first-order chi connectivity index (χ1) is 10.2. The first-order valence-electron chi connectivity index (χ1n) is 6.78. The third kappa shape index (κ3) is 4.56. The van der Waals surface area contributed by atoms with Crippen molar-refractivity contribution in [2.45, 2.75) is 20.0 Å². The van der Waals surface area contributed by atoms with Crippen LogP contribution in [-0.4, -0.2) is 18.0 Å². The summed E-state index contributed by atoms with van der Waals surface area (Å²) in [6, 6.07) is 10.9. The Hall–Kier alpha value is -2.43. The molecule has 0 atom stereocenters. The number of aryl methyl sites for hydroxylation is 1. The number of aromatic nitrogens is 1. The van der Waals surface area contributed by atoms with Crippen LogP contribution >= 0.6 is 0 Å². The average molecular weight is 286 g/mol. The maximum atomic E-state index is 13.2. The van der Waals surface area contributed by atoms with Gasteiger partial charge in [0.15, 0.2) is 5.96 Å². The van der Waals surface area contributed by atoms with E-state index in [1.165, 1.54) is 6.07 Å². The van der Waals surface area contributed by atoms with Crippen LogP contribution < -0.4 is 10.6 Å². The number of benzene rings is 1. The maximum absolute atomic E-state index is 13.2. The molecule has 0 amide bonds. The lowest BCUT2D eigenvalue weighted by molar-refractivity contribution is 0.617. The number of guanidine groups is 1. The van der Waals surface area contributed by atoms with Gasteiger partial charge in [-0.2, -0.15) is 0 Å². The van der Waals surface area contributed by atoms with Crippen LogP contribution in [0.15, 0.2) is 47.6 Å². The van der Waals surface area contributed by atoms with Gasteiger partial charge in [0.2, 0.25) is 0 Å². The van der Waals surface area contributed by atoms with E-state index in [-0.39, 0.29) is 5.82 Å². The molecule has 0 bridgehead atoms. The van der Waals surface area contributed by atoms with Crippen molar-refractivity contribution >= 4 is 5.96 Å². The molecule has 21 heavy (non-hydrogen) atoms. The highest BCUT2D eigenvalue weighted by Gasteiger charge is 2.02. The van der Waals surface area contributed by atoms with E-state index in [0.29, 0.717) is 24.6 Å². The molecule has 0 unspecified atom stereocenters. The van der Waals surface area contributed by atoms with Crippen LogP contribution in [0.1, 0.15) is 16.8 Å². The summed E-state index contributed by atoms with van der Waals surface area (Å²) in [5.74, 6) is 0.499. The Morgan fingerprint density at radius 3 is 2.67 bits per heavy atom. The fourth-order valence-corrected chi connectivity index (χ4v) is 1.90. The molecule has 0 saturated heterocycles. The molecule has 0 spiro atoms. The van der Waals surface area contributed by atoms with Crippen LogP contribution in [0.5, 0.6) is 0 Å². The molecule has 1 aromatic heterocycles. The summed E-state index contributed by atoms with van der Waals surface area (Å²) in [6.07, 6.45) is 1.76. The Morgan fingerprint density at radius 2 is 2.00 bits per heavy atom. The SMILES string of the molecule is CN=C(NCc1ccc(F)c(C)c1)NCc1ccccn1. The lowest BCUT2D eigenvalue weighted by Gasteiger charge is -2.12. The standard InChI is InChI=1S/C16H19FN4/c1-12-9-13(6-7-15(12)17)10-20-16(18-2)21-11-14-5-3-4-8-19-14/h3-9H,10-11H2,1-2H3,(H2,18,20,21). The van der Waals surface area contributed by atoms with Crippen LogP contribution in [0.25, 0.3) is 0 Å². The largest absolute Gasteiger partial charge is 0.352 e. The third-order valence-corrected chi connectivity index (χ3v) is 3.07. The summed E-state index contributed by atoms with van der Waals surface area (Å²) in [5, 5.41) is 6.38. The van der Waals surface area contributed by atoms with Gasteiger partial charge < -0.3 is 10.6 Å². The van der Waals surface area contributed by atoms with Gasteiger partial charge in [-0.1, -0.05) is 18.2 Å². The van der Waals surface area contributed by atoms with E-state index < -0.39 is 0 Å². The molecule has 2 N–H and O–H groups in total. The topological polar surface area (TPSA) is 49.3 Å². The van der Waals surface area contributed by atoms with Crippen LogP contribution in [0.2, 0.25) is 0 Å². The van der Waals surface area contributed by atoms with E-state index >= 15 is 0 Å². The Kier molecular flexibility index (Phi) is 5.26. The number of nitrogens with one attached hydrogen (secondary N) is 2. The number of hydrogen-bond donors (Lipinski definition) is 2. The van der Waals surface area contributed by atoms with E-state index in [9.17, 15) is 4.39 Å². The molecule has 0 aliphatic heterocycles. The smallest absolute Gasteiger partial charge is 0.191 e. The fourth-order valence-electron chi connectivity index (χ4n) is 1.90. The minimum atomic E-state index is -0.184. The zero-order valence-electron chi connectivity index (χ0n) is 12.2. The van der Waals surface area contributed by atoms with E-state index in [2.05, 4.69) is 20.6 Å². The predicted octanol–water partition coefficient (Wildman–Crippen LogP) is 2.39. The molecular weight excluding hydrogens is 267 g/mol. The van der Waals surface area contributed by atoms with Gasteiger partial charge in [0.05, 0.1) is 12.2 Å². The van der Waals surface area contributed by atoms with Gasteiger partial charge >= 0.3 is 0 Å². The lowest BCUT2D eigenvalue weighted by atomic mass is 10.1. The number of nitrogens with zero attached hydrogens (tertiary/aromatic N) is 2. The van der Waals surface area contributed by atoms with Gasteiger partial charge in [-0.05, 0) is 36.2 Å². The first-order valence-corrected chi connectivity index (χ1v) is 6.78. The number of pyridine rings is 1. The molecule has 0 aliphatic rings. The van der Waals surface area contributed by atoms with E-state index in [0.717, 1.165) is 11.3 Å². The zero-order chi connectivity index (χ0) is 15.1. The molecule has 5 heteroatoms. The quantitative estimate of drug-likeness (QED) is 0.670. The molecule has 0 radical (unpaired) electrons. The van der Waals surface area contributed by atoms with Gasteiger partial charge in [-0.15, -0.1) is 0 Å². The molecule has 0 aliphatic carbocycles. The van der Waals surface area contributed by atoms with Crippen molar-refractivity contribution in [1.29, 1.82) is 0 Å². The molecule has 0 saturated carbocycles.